The molecule has 64 valence electrons. The Morgan fingerprint density at radius 2 is 2.15 bits per heavy atom. The fourth-order valence-corrected chi connectivity index (χ4v) is 1.50. The fraction of sp³-hybridized carbons (Fsp3) is 0.100. The summed E-state index contributed by atoms with van der Waals surface area (Å²) in [6, 6.07) is 9.92. The molecule has 1 aromatic heterocycles. The van der Waals surface area contributed by atoms with E-state index < -0.39 is 0 Å². The summed E-state index contributed by atoms with van der Waals surface area (Å²) in [6.07, 6.45) is 2.21. The number of nitrogens with zero attached hydrogens (tertiary/aromatic N) is 2. The van der Waals surface area contributed by atoms with Gasteiger partial charge in [-0.1, -0.05) is 18.2 Å². The van der Waals surface area contributed by atoms with Crippen molar-refractivity contribution in [3.8, 4) is 6.07 Å². The van der Waals surface area contributed by atoms with E-state index in [2.05, 4.69) is 6.07 Å². The van der Waals surface area contributed by atoms with Crippen LogP contribution in [0.4, 0.5) is 0 Å². The van der Waals surface area contributed by atoms with Crippen LogP contribution in [0.2, 0.25) is 0 Å². The number of nitriles is 1. The van der Waals surface area contributed by atoms with E-state index in [4.69, 9.17) is 11.1 Å². The molecule has 0 unspecified atom stereocenters. The largest absolute Gasteiger partial charge is 0.339 e. The minimum atomic E-state index is 0.407. The van der Waals surface area contributed by atoms with Gasteiger partial charge in [0.05, 0.1) is 18.0 Å². The molecule has 0 spiro atoms. The second kappa shape index (κ2) is 2.83. The molecule has 0 aliphatic heterocycles. The highest BCUT2D eigenvalue weighted by atomic mass is 15.3. The van der Waals surface area contributed by atoms with Gasteiger partial charge in [0.15, 0.2) is 0 Å². The topological polar surface area (TPSA) is 54.7 Å². The number of fused-ring (bicyclic) bond motifs is 1. The van der Waals surface area contributed by atoms with Crippen LogP contribution in [0, 0.1) is 11.3 Å². The Hall–Kier alpha value is -1.95. The summed E-state index contributed by atoms with van der Waals surface area (Å²) in [5.41, 5.74) is 1.95. The number of aromatic nitrogens is 1. The van der Waals surface area contributed by atoms with Crippen molar-refractivity contribution in [2.75, 3.05) is 5.84 Å². The van der Waals surface area contributed by atoms with Crippen molar-refractivity contribution in [1.82, 2.24) is 4.68 Å². The lowest BCUT2D eigenvalue weighted by atomic mass is 10.1. The lowest BCUT2D eigenvalue weighted by molar-refractivity contribution is 1.05. The van der Waals surface area contributed by atoms with Crippen molar-refractivity contribution in [2.24, 2.45) is 0 Å². The van der Waals surface area contributed by atoms with E-state index in [0.717, 1.165) is 16.5 Å². The van der Waals surface area contributed by atoms with Gasteiger partial charge in [-0.2, -0.15) is 5.26 Å². The zero-order valence-electron chi connectivity index (χ0n) is 7.07. The third-order valence-corrected chi connectivity index (χ3v) is 2.09. The molecule has 0 atom stereocenters. The average Bonchev–Trinajstić information content (AvgIpc) is 2.46. The van der Waals surface area contributed by atoms with E-state index in [1.165, 1.54) is 0 Å². The van der Waals surface area contributed by atoms with Crippen LogP contribution in [-0.2, 0) is 6.42 Å². The first kappa shape index (κ1) is 7.69. The SMILES string of the molecule is N#CCc1cn(N)c2ccccc12. The van der Waals surface area contributed by atoms with Gasteiger partial charge in [0.2, 0.25) is 0 Å². The number of rotatable bonds is 1. The minimum Gasteiger partial charge on any atom is -0.339 e. The number of benzene rings is 1. The molecule has 0 aliphatic carbocycles. The fourth-order valence-electron chi connectivity index (χ4n) is 1.50. The van der Waals surface area contributed by atoms with Crippen molar-refractivity contribution in [1.29, 1.82) is 5.26 Å². The molecular formula is C10H9N3. The lowest BCUT2D eigenvalue weighted by Crippen LogP contribution is -2.04. The number of hydrogen-bond acceptors (Lipinski definition) is 2. The van der Waals surface area contributed by atoms with Gasteiger partial charge in [-0.3, -0.25) is 4.68 Å². The number of hydrogen-bond donors (Lipinski definition) is 1. The lowest BCUT2D eigenvalue weighted by Gasteiger charge is -1.93. The predicted molar refractivity (Wildman–Crippen MR) is 51.4 cm³/mol. The number of nitrogens with two attached hydrogens (primary N) is 1. The van der Waals surface area contributed by atoms with Gasteiger partial charge in [-0.15, -0.1) is 0 Å². The first-order valence-electron chi connectivity index (χ1n) is 4.04. The van der Waals surface area contributed by atoms with E-state index in [1.807, 2.05) is 24.3 Å². The number of para-hydroxylation sites is 1. The van der Waals surface area contributed by atoms with Gasteiger partial charge in [0.1, 0.15) is 0 Å². The van der Waals surface area contributed by atoms with Crippen LogP contribution in [0.25, 0.3) is 10.9 Å². The van der Waals surface area contributed by atoms with Crippen LogP contribution in [0.1, 0.15) is 5.56 Å². The summed E-state index contributed by atoms with van der Waals surface area (Å²) in [5, 5.41) is 9.65. The van der Waals surface area contributed by atoms with Crippen molar-refractivity contribution < 1.29 is 0 Å². The Bertz CT molecular complexity index is 476. The van der Waals surface area contributed by atoms with Gasteiger partial charge >= 0.3 is 0 Å². The Morgan fingerprint density at radius 1 is 1.38 bits per heavy atom. The zero-order chi connectivity index (χ0) is 9.26. The average molecular weight is 171 g/mol. The second-order valence-electron chi connectivity index (χ2n) is 2.91. The first-order chi connectivity index (χ1) is 6.33. The molecule has 2 rings (SSSR count). The maximum Gasteiger partial charge on any atom is 0.0693 e. The van der Waals surface area contributed by atoms with Gasteiger partial charge in [-0.05, 0) is 11.6 Å². The van der Waals surface area contributed by atoms with E-state index in [-0.39, 0.29) is 0 Å². The quantitative estimate of drug-likeness (QED) is 0.660. The highest BCUT2D eigenvalue weighted by molar-refractivity contribution is 5.84. The van der Waals surface area contributed by atoms with Crippen LogP contribution in [0.5, 0.6) is 0 Å². The van der Waals surface area contributed by atoms with Gasteiger partial charge < -0.3 is 5.84 Å². The molecule has 0 radical (unpaired) electrons. The van der Waals surface area contributed by atoms with E-state index in [1.54, 1.807) is 10.9 Å². The minimum absolute atomic E-state index is 0.407. The van der Waals surface area contributed by atoms with Crippen molar-refractivity contribution in [3.63, 3.8) is 0 Å². The van der Waals surface area contributed by atoms with Gasteiger partial charge in [-0.25, -0.2) is 0 Å². The molecular weight excluding hydrogens is 162 g/mol. The summed E-state index contributed by atoms with van der Waals surface area (Å²) in [5.74, 6) is 5.71. The molecule has 1 heterocycles. The Labute approximate surface area is 76.0 Å². The molecule has 2 N–H and O–H groups in total. The molecule has 0 fully saturated rings. The van der Waals surface area contributed by atoms with Crippen LogP contribution >= 0.6 is 0 Å². The summed E-state index contributed by atoms with van der Waals surface area (Å²) < 4.78 is 1.56. The van der Waals surface area contributed by atoms with Crippen molar-refractivity contribution in [2.45, 2.75) is 6.42 Å². The summed E-state index contributed by atoms with van der Waals surface area (Å²) in [7, 11) is 0. The molecule has 3 nitrogen and oxygen atoms in total. The molecule has 0 aliphatic rings. The highest BCUT2D eigenvalue weighted by Crippen LogP contribution is 2.19. The zero-order valence-corrected chi connectivity index (χ0v) is 7.07. The third kappa shape index (κ3) is 1.13. The smallest absolute Gasteiger partial charge is 0.0693 e. The molecule has 3 heteroatoms. The van der Waals surface area contributed by atoms with Crippen LogP contribution in [-0.4, -0.2) is 4.68 Å². The van der Waals surface area contributed by atoms with Crippen LogP contribution in [0.15, 0.2) is 30.5 Å². The van der Waals surface area contributed by atoms with Crippen LogP contribution < -0.4 is 5.84 Å². The van der Waals surface area contributed by atoms with Crippen molar-refractivity contribution in [3.05, 3.63) is 36.0 Å². The van der Waals surface area contributed by atoms with E-state index in [9.17, 15) is 0 Å². The second-order valence-corrected chi connectivity index (χ2v) is 2.91. The Balaban J connectivity index is 2.72. The molecule has 0 bridgehead atoms. The first-order valence-corrected chi connectivity index (χ1v) is 4.04. The molecule has 0 saturated heterocycles. The number of nitrogen functional groups attached to an aromatic ring is 1. The monoisotopic (exact) mass is 171 g/mol. The molecule has 2 aromatic rings. The van der Waals surface area contributed by atoms with Crippen LogP contribution in [0.3, 0.4) is 0 Å². The van der Waals surface area contributed by atoms with E-state index in [0.29, 0.717) is 6.42 Å². The normalized spacial score (nSPS) is 10.1. The summed E-state index contributed by atoms with van der Waals surface area (Å²) in [4.78, 5) is 0. The molecule has 0 amide bonds. The highest BCUT2D eigenvalue weighted by Gasteiger charge is 2.04. The predicted octanol–water partition coefficient (Wildman–Crippen LogP) is 1.42. The summed E-state index contributed by atoms with van der Waals surface area (Å²) >= 11 is 0. The Morgan fingerprint density at radius 3 is 2.92 bits per heavy atom. The molecule has 13 heavy (non-hydrogen) atoms. The molecule has 0 saturated carbocycles. The van der Waals surface area contributed by atoms with E-state index >= 15 is 0 Å². The maximum absolute atomic E-state index is 8.59. The van der Waals surface area contributed by atoms with Gasteiger partial charge in [0, 0.05) is 11.6 Å². The third-order valence-electron chi connectivity index (χ3n) is 2.09. The van der Waals surface area contributed by atoms with Crippen molar-refractivity contribution >= 4 is 10.9 Å². The van der Waals surface area contributed by atoms with Gasteiger partial charge in [0.25, 0.3) is 0 Å². The summed E-state index contributed by atoms with van der Waals surface area (Å²) in [6.45, 7) is 0. The molecule has 1 aromatic carbocycles. The maximum atomic E-state index is 8.59. The Kier molecular flexibility index (Phi) is 1.67. The standard InChI is InChI=1S/C10H9N3/c11-6-5-8-7-13(12)10-4-2-1-3-9(8)10/h1-4,7H,5,12H2.